The van der Waals surface area contributed by atoms with Crippen molar-refractivity contribution >= 4 is 0 Å². The first-order valence-electron chi connectivity index (χ1n) is 7.49. The van der Waals surface area contributed by atoms with Crippen molar-refractivity contribution in [3.8, 4) is 0 Å². The van der Waals surface area contributed by atoms with E-state index in [0.29, 0.717) is 11.5 Å². The molecule has 1 N–H and O–H groups in total. The molecule has 0 aliphatic carbocycles. The molecule has 0 radical (unpaired) electrons. The van der Waals surface area contributed by atoms with Crippen LogP contribution in [-0.2, 0) is 0 Å². The van der Waals surface area contributed by atoms with E-state index in [1.807, 2.05) is 0 Å². The van der Waals surface area contributed by atoms with E-state index < -0.39 is 0 Å². The molecule has 18 heavy (non-hydrogen) atoms. The Labute approximate surface area is 114 Å². The summed E-state index contributed by atoms with van der Waals surface area (Å²) in [5, 5.41) is 3.57. The van der Waals surface area contributed by atoms with Gasteiger partial charge in [0, 0.05) is 18.6 Å². The third-order valence-electron chi connectivity index (χ3n) is 4.65. The Bertz CT molecular complexity index is 232. The van der Waals surface area contributed by atoms with Crippen molar-refractivity contribution in [2.75, 3.05) is 40.3 Å². The minimum absolute atomic E-state index is 0.327. The van der Waals surface area contributed by atoms with E-state index in [-0.39, 0.29) is 0 Å². The van der Waals surface area contributed by atoms with E-state index in [2.05, 4.69) is 56.9 Å². The molecule has 1 atom stereocenters. The zero-order valence-electron chi connectivity index (χ0n) is 13.3. The summed E-state index contributed by atoms with van der Waals surface area (Å²) in [5.74, 6) is 0. The summed E-state index contributed by atoms with van der Waals surface area (Å²) in [4.78, 5) is 5.03. The molecule has 3 heteroatoms. The van der Waals surface area contributed by atoms with Gasteiger partial charge in [-0.1, -0.05) is 20.8 Å². The number of hydrogen-bond acceptors (Lipinski definition) is 3. The van der Waals surface area contributed by atoms with Gasteiger partial charge in [-0.05, 0) is 58.9 Å². The van der Waals surface area contributed by atoms with Gasteiger partial charge in [-0.25, -0.2) is 0 Å². The van der Waals surface area contributed by atoms with Crippen LogP contribution in [0.3, 0.4) is 0 Å². The molecule has 0 saturated carbocycles. The van der Waals surface area contributed by atoms with Crippen LogP contribution >= 0.6 is 0 Å². The largest absolute Gasteiger partial charge is 0.314 e. The lowest BCUT2D eigenvalue weighted by Crippen LogP contribution is -2.50. The molecule has 3 nitrogen and oxygen atoms in total. The fraction of sp³-hybridized carbons (Fsp3) is 1.00. The molecule has 108 valence electrons. The predicted molar refractivity (Wildman–Crippen MR) is 80.1 cm³/mol. The molecule has 1 unspecified atom stereocenters. The van der Waals surface area contributed by atoms with Crippen LogP contribution in [0.5, 0.6) is 0 Å². The van der Waals surface area contributed by atoms with Crippen LogP contribution in [-0.4, -0.2) is 62.2 Å². The molecule has 1 aliphatic rings. The summed E-state index contributed by atoms with van der Waals surface area (Å²) in [7, 11) is 4.53. The van der Waals surface area contributed by atoms with Gasteiger partial charge in [0.1, 0.15) is 0 Å². The summed E-state index contributed by atoms with van der Waals surface area (Å²) >= 11 is 0. The van der Waals surface area contributed by atoms with Crippen LogP contribution in [0.4, 0.5) is 0 Å². The van der Waals surface area contributed by atoms with E-state index in [0.717, 1.165) is 12.6 Å². The van der Waals surface area contributed by atoms with Crippen LogP contribution in [0, 0.1) is 5.41 Å². The van der Waals surface area contributed by atoms with Crippen LogP contribution < -0.4 is 5.32 Å². The highest BCUT2D eigenvalue weighted by Gasteiger charge is 2.30. The van der Waals surface area contributed by atoms with Crippen molar-refractivity contribution in [1.82, 2.24) is 15.1 Å². The van der Waals surface area contributed by atoms with Crippen LogP contribution in [0.2, 0.25) is 0 Å². The van der Waals surface area contributed by atoms with Gasteiger partial charge in [-0.2, -0.15) is 0 Å². The zero-order valence-corrected chi connectivity index (χ0v) is 13.3. The van der Waals surface area contributed by atoms with Gasteiger partial charge < -0.3 is 15.1 Å². The monoisotopic (exact) mass is 255 g/mol. The molecule has 1 fully saturated rings. The first-order valence-corrected chi connectivity index (χ1v) is 7.49. The Kier molecular flexibility index (Phi) is 6.09. The Balaban J connectivity index is 2.45. The van der Waals surface area contributed by atoms with Crippen molar-refractivity contribution in [3.63, 3.8) is 0 Å². The van der Waals surface area contributed by atoms with Crippen molar-refractivity contribution in [3.05, 3.63) is 0 Å². The van der Waals surface area contributed by atoms with Crippen LogP contribution in [0.1, 0.15) is 40.5 Å². The molecule has 0 amide bonds. The second kappa shape index (κ2) is 6.88. The maximum atomic E-state index is 3.57. The molecule has 1 aliphatic heterocycles. The van der Waals surface area contributed by atoms with Crippen molar-refractivity contribution in [2.45, 2.75) is 52.6 Å². The summed E-state index contributed by atoms with van der Waals surface area (Å²) in [5.41, 5.74) is 0.327. The maximum absolute atomic E-state index is 3.57. The van der Waals surface area contributed by atoms with E-state index in [1.165, 1.54) is 32.5 Å². The van der Waals surface area contributed by atoms with Gasteiger partial charge in [0.25, 0.3) is 0 Å². The van der Waals surface area contributed by atoms with E-state index in [1.54, 1.807) is 0 Å². The number of piperidine rings is 1. The summed E-state index contributed by atoms with van der Waals surface area (Å²) in [6.45, 7) is 14.0. The topological polar surface area (TPSA) is 18.5 Å². The van der Waals surface area contributed by atoms with E-state index in [9.17, 15) is 0 Å². The highest BCUT2D eigenvalue weighted by Crippen LogP contribution is 2.24. The third kappa shape index (κ3) is 4.52. The molecular formula is C15H33N3. The Hall–Kier alpha value is -0.120. The maximum Gasteiger partial charge on any atom is 0.0117 e. The molecule has 0 aromatic heterocycles. The Morgan fingerprint density at radius 2 is 1.89 bits per heavy atom. The smallest absolute Gasteiger partial charge is 0.0117 e. The SMILES string of the molecule is CCNC(C)C(C)(C)CN(C)C1CCN(C)CC1. The lowest BCUT2D eigenvalue weighted by Gasteiger charge is -2.41. The van der Waals surface area contributed by atoms with E-state index in [4.69, 9.17) is 0 Å². The van der Waals surface area contributed by atoms with Gasteiger partial charge >= 0.3 is 0 Å². The van der Waals surface area contributed by atoms with Crippen LogP contribution in [0.25, 0.3) is 0 Å². The minimum Gasteiger partial charge on any atom is -0.314 e. The van der Waals surface area contributed by atoms with Crippen molar-refractivity contribution < 1.29 is 0 Å². The highest BCUT2D eigenvalue weighted by atomic mass is 15.2. The summed E-state index contributed by atoms with van der Waals surface area (Å²) in [6.07, 6.45) is 2.64. The average Bonchev–Trinajstić information content (AvgIpc) is 2.29. The zero-order chi connectivity index (χ0) is 13.8. The minimum atomic E-state index is 0.327. The fourth-order valence-electron chi connectivity index (χ4n) is 2.93. The normalized spacial score (nSPS) is 21.5. The van der Waals surface area contributed by atoms with Gasteiger partial charge in [-0.3, -0.25) is 0 Å². The lowest BCUT2D eigenvalue weighted by atomic mass is 9.84. The van der Waals surface area contributed by atoms with Crippen molar-refractivity contribution in [2.24, 2.45) is 5.41 Å². The van der Waals surface area contributed by atoms with Gasteiger partial charge in [0.15, 0.2) is 0 Å². The fourth-order valence-corrected chi connectivity index (χ4v) is 2.93. The standard InChI is InChI=1S/C15H33N3/c1-7-16-13(2)15(3,4)12-18(6)14-8-10-17(5)11-9-14/h13-14,16H,7-12H2,1-6H3. The highest BCUT2D eigenvalue weighted by molar-refractivity contribution is 4.86. The van der Waals surface area contributed by atoms with Gasteiger partial charge in [-0.15, -0.1) is 0 Å². The molecule has 1 heterocycles. The molecule has 1 rings (SSSR count). The van der Waals surface area contributed by atoms with Gasteiger partial charge in [0.2, 0.25) is 0 Å². The number of hydrogen-bond donors (Lipinski definition) is 1. The van der Waals surface area contributed by atoms with Crippen molar-refractivity contribution in [1.29, 1.82) is 0 Å². The Morgan fingerprint density at radius 1 is 1.33 bits per heavy atom. The average molecular weight is 255 g/mol. The molecule has 0 aromatic rings. The first-order chi connectivity index (χ1) is 8.36. The molecule has 0 aromatic carbocycles. The number of rotatable bonds is 6. The summed E-state index contributed by atoms with van der Waals surface area (Å²) < 4.78 is 0. The molecular weight excluding hydrogens is 222 g/mol. The number of nitrogens with zero attached hydrogens (tertiary/aromatic N) is 2. The van der Waals surface area contributed by atoms with Crippen LogP contribution in [0.15, 0.2) is 0 Å². The first kappa shape index (κ1) is 15.9. The van der Waals surface area contributed by atoms with E-state index >= 15 is 0 Å². The third-order valence-corrected chi connectivity index (χ3v) is 4.65. The second-order valence-electron chi connectivity index (χ2n) is 6.72. The molecule has 0 spiro atoms. The second-order valence-corrected chi connectivity index (χ2v) is 6.72. The quantitative estimate of drug-likeness (QED) is 0.783. The molecule has 1 saturated heterocycles. The summed E-state index contributed by atoms with van der Waals surface area (Å²) in [6, 6.07) is 1.34. The number of likely N-dealkylation sites (tertiary alicyclic amines) is 1. The predicted octanol–water partition coefficient (Wildman–Crippen LogP) is 2.04. The molecule has 0 bridgehead atoms. The Morgan fingerprint density at radius 3 is 2.39 bits per heavy atom. The lowest BCUT2D eigenvalue weighted by molar-refractivity contribution is 0.0916. The van der Waals surface area contributed by atoms with Gasteiger partial charge in [0.05, 0.1) is 0 Å². The number of nitrogens with one attached hydrogen (secondary N) is 1.